The number of esters is 1. The van der Waals surface area contributed by atoms with Gasteiger partial charge in [-0.15, -0.1) is 0 Å². The highest BCUT2D eigenvalue weighted by Gasteiger charge is 2.29. The highest BCUT2D eigenvalue weighted by Crippen LogP contribution is 2.28. The highest BCUT2D eigenvalue weighted by molar-refractivity contribution is 5.69. The van der Waals surface area contributed by atoms with Gasteiger partial charge in [-0.2, -0.15) is 0 Å². The van der Waals surface area contributed by atoms with E-state index in [2.05, 4.69) is 11.8 Å². The van der Waals surface area contributed by atoms with E-state index >= 15 is 0 Å². The lowest BCUT2D eigenvalue weighted by atomic mass is 9.83. The maximum absolute atomic E-state index is 11.2. The van der Waals surface area contributed by atoms with Crippen LogP contribution in [0.15, 0.2) is 0 Å². The second-order valence-corrected chi connectivity index (χ2v) is 6.32. The van der Waals surface area contributed by atoms with Gasteiger partial charge < -0.3 is 14.7 Å². The number of ether oxygens (including phenoxy) is 1. The minimum Gasteiger partial charge on any atom is -0.466 e. The van der Waals surface area contributed by atoms with E-state index in [-0.39, 0.29) is 11.4 Å². The van der Waals surface area contributed by atoms with Gasteiger partial charge in [-0.05, 0) is 45.7 Å². The van der Waals surface area contributed by atoms with Crippen LogP contribution in [0.3, 0.4) is 0 Å². The minimum absolute atomic E-state index is 0.0674. The molecule has 1 rings (SSSR count). The molecule has 4 heteroatoms. The van der Waals surface area contributed by atoms with Gasteiger partial charge in [-0.25, -0.2) is 0 Å². The second kappa shape index (κ2) is 9.35. The summed E-state index contributed by atoms with van der Waals surface area (Å²) in [5, 5.41) is 9.43. The fraction of sp³-hybridized carbons (Fsp3) is 0.938. The van der Waals surface area contributed by atoms with Crippen molar-refractivity contribution in [1.82, 2.24) is 4.90 Å². The Bertz CT molecular complexity index is 283. The van der Waals surface area contributed by atoms with Gasteiger partial charge in [0.2, 0.25) is 0 Å². The molecule has 0 aromatic rings. The van der Waals surface area contributed by atoms with Crippen molar-refractivity contribution in [2.24, 2.45) is 5.41 Å². The van der Waals surface area contributed by atoms with Crippen LogP contribution >= 0.6 is 0 Å². The second-order valence-electron chi connectivity index (χ2n) is 6.32. The van der Waals surface area contributed by atoms with Crippen LogP contribution in [0.5, 0.6) is 0 Å². The molecule has 1 heterocycles. The van der Waals surface area contributed by atoms with E-state index < -0.39 is 0 Å². The molecule has 0 saturated carbocycles. The standard InChI is InChI=1S/C16H31NO3/c1-3-20-15(19)9-6-4-5-7-11-17-12-8-10-16(2,13-17)14-18/h18H,3-14H2,1-2H3. The zero-order valence-electron chi connectivity index (χ0n) is 13.2. The Morgan fingerprint density at radius 3 is 2.75 bits per heavy atom. The van der Waals surface area contributed by atoms with Gasteiger partial charge in [0, 0.05) is 25.0 Å². The number of aliphatic hydroxyl groups excluding tert-OH is 1. The lowest BCUT2D eigenvalue weighted by Crippen LogP contribution is -2.43. The molecule has 1 saturated heterocycles. The molecular formula is C16H31NO3. The van der Waals surface area contributed by atoms with E-state index in [9.17, 15) is 9.90 Å². The Morgan fingerprint density at radius 2 is 2.05 bits per heavy atom. The van der Waals surface area contributed by atoms with Crippen LogP contribution in [0.1, 0.15) is 58.8 Å². The van der Waals surface area contributed by atoms with E-state index in [1.54, 1.807) is 0 Å². The summed E-state index contributed by atoms with van der Waals surface area (Å²) < 4.78 is 4.91. The van der Waals surface area contributed by atoms with Crippen LogP contribution in [0.4, 0.5) is 0 Å². The largest absolute Gasteiger partial charge is 0.466 e. The van der Waals surface area contributed by atoms with E-state index in [4.69, 9.17) is 4.74 Å². The lowest BCUT2D eigenvalue weighted by Gasteiger charge is -2.39. The van der Waals surface area contributed by atoms with Crippen molar-refractivity contribution < 1.29 is 14.6 Å². The SMILES string of the molecule is CCOC(=O)CCCCCCN1CCCC(C)(CO)C1. The summed E-state index contributed by atoms with van der Waals surface area (Å²) in [6.07, 6.45) is 7.28. The highest BCUT2D eigenvalue weighted by atomic mass is 16.5. The number of carbonyl (C=O) groups excluding carboxylic acids is 1. The van der Waals surface area contributed by atoms with Crippen LogP contribution in [0.25, 0.3) is 0 Å². The van der Waals surface area contributed by atoms with Crippen molar-refractivity contribution in [3.05, 3.63) is 0 Å². The third kappa shape index (κ3) is 6.71. The molecule has 0 aromatic heterocycles. The van der Waals surface area contributed by atoms with E-state index in [1.165, 1.54) is 25.8 Å². The Labute approximate surface area is 123 Å². The van der Waals surface area contributed by atoms with Gasteiger partial charge in [0.1, 0.15) is 0 Å². The molecule has 1 unspecified atom stereocenters. The number of unbranched alkanes of at least 4 members (excludes halogenated alkanes) is 3. The zero-order valence-corrected chi connectivity index (χ0v) is 13.2. The molecule has 118 valence electrons. The molecule has 1 aliphatic rings. The zero-order chi connectivity index (χ0) is 14.8. The molecule has 1 atom stereocenters. The van der Waals surface area contributed by atoms with Gasteiger partial charge in [0.05, 0.1) is 6.61 Å². The number of hydrogen-bond acceptors (Lipinski definition) is 4. The first-order chi connectivity index (χ1) is 9.59. The first kappa shape index (κ1) is 17.4. The fourth-order valence-corrected chi connectivity index (χ4v) is 2.94. The van der Waals surface area contributed by atoms with Crippen molar-refractivity contribution in [3.63, 3.8) is 0 Å². The van der Waals surface area contributed by atoms with Crippen LogP contribution in [0, 0.1) is 5.41 Å². The van der Waals surface area contributed by atoms with Crippen molar-refractivity contribution in [3.8, 4) is 0 Å². The average Bonchev–Trinajstić information content (AvgIpc) is 2.43. The molecule has 1 N–H and O–H groups in total. The normalized spacial score (nSPS) is 23.8. The summed E-state index contributed by atoms with van der Waals surface area (Å²) in [7, 11) is 0. The maximum atomic E-state index is 11.2. The number of piperidine rings is 1. The maximum Gasteiger partial charge on any atom is 0.305 e. The van der Waals surface area contributed by atoms with Crippen LogP contribution in [-0.2, 0) is 9.53 Å². The summed E-state index contributed by atoms with van der Waals surface area (Å²) in [6.45, 7) is 8.11. The quantitative estimate of drug-likeness (QED) is 0.522. The Balaban J connectivity index is 2.02. The lowest BCUT2D eigenvalue weighted by molar-refractivity contribution is -0.143. The van der Waals surface area contributed by atoms with Gasteiger partial charge in [0.15, 0.2) is 0 Å². The summed E-state index contributed by atoms with van der Waals surface area (Å²) in [6, 6.07) is 0. The predicted octanol–water partition coefficient (Wildman–Crippen LogP) is 2.59. The van der Waals surface area contributed by atoms with Crippen LogP contribution < -0.4 is 0 Å². The number of rotatable bonds is 9. The fourth-order valence-electron chi connectivity index (χ4n) is 2.94. The van der Waals surface area contributed by atoms with E-state index in [0.717, 1.165) is 32.4 Å². The summed E-state index contributed by atoms with van der Waals surface area (Å²) in [5.41, 5.74) is 0.0994. The number of aliphatic hydroxyl groups is 1. The molecule has 1 fully saturated rings. The minimum atomic E-state index is -0.0674. The van der Waals surface area contributed by atoms with Gasteiger partial charge in [0.25, 0.3) is 0 Å². The topological polar surface area (TPSA) is 49.8 Å². The summed E-state index contributed by atoms with van der Waals surface area (Å²) in [5.74, 6) is -0.0674. The molecule has 0 bridgehead atoms. The third-order valence-electron chi connectivity index (χ3n) is 4.15. The first-order valence-electron chi connectivity index (χ1n) is 8.08. The molecule has 0 aliphatic carbocycles. The average molecular weight is 285 g/mol. The number of carbonyl (C=O) groups is 1. The van der Waals surface area contributed by atoms with Crippen molar-refractivity contribution in [1.29, 1.82) is 0 Å². The molecule has 20 heavy (non-hydrogen) atoms. The molecule has 0 aromatic carbocycles. The predicted molar refractivity (Wildman–Crippen MR) is 80.6 cm³/mol. The summed E-state index contributed by atoms with van der Waals surface area (Å²) in [4.78, 5) is 13.7. The molecule has 1 aliphatic heterocycles. The molecule has 0 amide bonds. The molecular weight excluding hydrogens is 254 g/mol. The summed E-state index contributed by atoms with van der Waals surface area (Å²) >= 11 is 0. The van der Waals surface area contributed by atoms with E-state index in [1.807, 2.05) is 6.92 Å². The van der Waals surface area contributed by atoms with E-state index in [0.29, 0.717) is 19.6 Å². The number of likely N-dealkylation sites (tertiary alicyclic amines) is 1. The Kier molecular flexibility index (Phi) is 8.15. The van der Waals surface area contributed by atoms with Crippen molar-refractivity contribution in [2.75, 3.05) is 32.8 Å². The van der Waals surface area contributed by atoms with Gasteiger partial charge in [-0.1, -0.05) is 19.8 Å². The third-order valence-corrected chi connectivity index (χ3v) is 4.15. The molecule has 0 spiro atoms. The van der Waals surface area contributed by atoms with Crippen LogP contribution in [0.2, 0.25) is 0 Å². The van der Waals surface area contributed by atoms with Gasteiger partial charge >= 0.3 is 5.97 Å². The first-order valence-corrected chi connectivity index (χ1v) is 8.08. The van der Waals surface area contributed by atoms with Crippen molar-refractivity contribution >= 4 is 5.97 Å². The monoisotopic (exact) mass is 285 g/mol. The Morgan fingerprint density at radius 1 is 1.30 bits per heavy atom. The van der Waals surface area contributed by atoms with Gasteiger partial charge in [-0.3, -0.25) is 4.79 Å². The molecule has 4 nitrogen and oxygen atoms in total. The molecule has 0 radical (unpaired) electrons. The van der Waals surface area contributed by atoms with Crippen LogP contribution in [-0.4, -0.2) is 48.8 Å². The smallest absolute Gasteiger partial charge is 0.305 e. The number of hydrogen-bond donors (Lipinski definition) is 1. The van der Waals surface area contributed by atoms with Crippen molar-refractivity contribution in [2.45, 2.75) is 58.8 Å². The Hall–Kier alpha value is -0.610. The number of nitrogens with zero attached hydrogens (tertiary/aromatic N) is 1.